The molecule has 2 rings (SSSR count). The fourth-order valence-electron chi connectivity index (χ4n) is 1.90. The number of nitrogens with two attached hydrogens (primary N) is 1. The lowest BCUT2D eigenvalue weighted by molar-refractivity contribution is 0.484. The number of hydrazine groups is 1. The Kier molecular flexibility index (Phi) is 3.43. The first-order valence-electron chi connectivity index (χ1n) is 5.25. The van der Waals surface area contributed by atoms with Gasteiger partial charge in [0, 0.05) is 5.56 Å². The second-order valence-corrected chi connectivity index (χ2v) is 4.70. The average Bonchev–Trinajstić information content (AvgIpc) is 2.85. The molecule has 1 atom stereocenters. The van der Waals surface area contributed by atoms with Crippen LogP contribution >= 0.6 is 11.3 Å². The van der Waals surface area contributed by atoms with Crippen molar-refractivity contribution < 1.29 is 4.42 Å². The van der Waals surface area contributed by atoms with Gasteiger partial charge in [-0.2, -0.15) is 11.3 Å². The standard InChI is InChI=1S/C12H16N2OS/c1-8-5-11(9(2)15-8)12(14-13)6-10-3-4-16-7-10/h3-5,7,12,14H,6,13H2,1-2H3. The predicted octanol–water partition coefficient (Wildman–Crippen LogP) is 2.71. The lowest BCUT2D eigenvalue weighted by atomic mass is 10.0. The molecule has 1 unspecified atom stereocenters. The summed E-state index contributed by atoms with van der Waals surface area (Å²) in [5, 5.41) is 4.23. The Balaban J connectivity index is 2.19. The van der Waals surface area contributed by atoms with Crippen LogP contribution in [0.15, 0.2) is 27.3 Å². The third-order valence-corrected chi connectivity index (χ3v) is 3.41. The van der Waals surface area contributed by atoms with E-state index in [1.807, 2.05) is 19.9 Å². The molecule has 4 heteroatoms. The highest BCUT2D eigenvalue weighted by atomic mass is 32.1. The molecule has 16 heavy (non-hydrogen) atoms. The van der Waals surface area contributed by atoms with Crippen LogP contribution in [-0.4, -0.2) is 0 Å². The highest BCUT2D eigenvalue weighted by Crippen LogP contribution is 2.24. The summed E-state index contributed by atoms with van der Waals surface area (Å²) in [5.41, 5.74) is 5.30. The van der Waals surface area contributed by atoms with Gasteiger partial charge in [0.05, 0.1) is 6.04 Å². The maximum Gasteiger partial charge on any atom is 0.105 e. The van der Waals surface area contributed by atoms with Gasteiger partial charge in [-0.05, 0) is 48.7 Å². The lowest BCUT2D eigenvalue weighted by Crippen LogP contribution is -2.29. The summed E-state index contributed by atoms with van der Waals surface area (Å²) in [6, 6.07) is 4.29. The van der Waals surface area contributed by atoms with E-state index in [2.05, 4.69) is 22.3 Å². The van der Waals surface area contributed by atoms with Gasteiger partial charge < -0.3 is 4.42 Å². The molecule has 0 aromatic carbocycles. The maximum atomic E-state index is 5.61. The monoisotopic (exact) mass is 236 g/mol. The third kappa shape index (κ3) is 2.35. The van der Waals surface area contributed by atoms with Crippen molar-refractivity contribution >= 4 is 11.3 Å². The van der Waals surface area contributed by atoms with E-state index in [1.54, 1.807) is 11.3 Å². The van der Waals surface area contributed by atoms with Crippen molar-refractivity contribution in [2.45, 2.75) is 26.3 Å². The molecule has 3 N–H and O–H groups in total. The van der Waals surface area contributed by atoms with E-state index in [0.717, 1.165) is 23.5 Å². The van der Waals surface area contributed by atoms with Crippen LogP contribution in [0, 0.1) is 13.8 Å². The van der Waals surface area contributed by atoms with E-state index in [1.165, 1.54) is 5.56 Å². The number of hydrogen-bond acceptors (Lipinski definition) is 4. The Morgan fingerprint density at radius 3 is 2.81 bits per heavy atom. The van der Waals surface area contributed by atoms with Crippen LogP contribution in [0.25, 0.3) is 0 Å². The summed E-state index contributed by atoms with van der Waals surface area (Å²) >= 11 is 1.70. The minimum Gasteiger partial charge on any atom is -0.466 e. The van der Waals surface area contributed by atoms with Crippen LogP contribution in [-0.2, 0) is 6.42 Å². The van der Waals surface area contributed by atoms with Crippen LogP contribution in [0.1, 0.15) is 28.7 Å². The highest BCUT2D eigenvalue weighted by Gasteiger charge is 2.16. The van der Waals surface area contributed by atoms with E-state index in [-0.39, 0.29) is 6.04 Å². The van der Waals surface area contributed by atoms with Gasteiger partial charge in [-0.3, -0.25) is 11.3 Å². The van der Waals surface area contributed by atoms with Crippen LogP contribution in [0.3, 0.4) is 0 Å². The van der Waals surface area contributed by atoms with Crippen LogP contribution in [0.2, 0.25) is 0 Å². The van der Waals surface area contributed by atoms with E-state index < -0.39 is 0 Å². The molecule has 2 aromatic heterocycles. The average molecular weight is 236 g/mol. The molecule has 0 bridgehead atoms. The number of furan rings is 1. The first-order chi connectivity index (χ1) is 7.70. The van der Waals surface area contributed by atoms with Crippen molar-refractivity contribution in [1.82, 2.24) is 5.43 Å². The Labute approximate surface area is 99.2 Å². The summed E-state index contributed by atoms with van der Waals surface area (Å²) < 4.78 is 5.52. The summed E-state index contributed by atoms with van der Waals surface area (Å²) in [7, 11) is 0. The summed E-state index contributed by atoms with van der Waals surface area (Å²) in [5.74, 6) is 7.48. The fraction of sp³-hybridized carbons (Fsp3) is 0.333. The molecule has 0 aliphatic heterocycles. The van der Waals surface area contributed by atoms with Crippen molar-refractivity contribution in [2.75, 3.05) is 0 Å². The van der Waals surface area contributed by atoms with Gasteiger partial charge in [-0.15, -0.1) is 0 Å². The molecule has 0 aliphatic rings. The summed E-state index contributed by atoms with van der Waals surface area (Å²) in [4.78, 5) is 0. The Hall–Kier alpha value is -1.10. The number of hydrogen-bond donors (Lipinski definition) is 2. The fourth-order valence-corrected chi connectivity index (χ4v) is 2.58. The quantitative estimate of drug-likeness (QED) is 0.634. The molecule has 0 saturated carbocycles. The normalized spacial score (nSPS) is 12.9. The van der Waals surface area contributed by atoms with Crippen molar-refractivity contribution in [1.29, 1.82) is 0 Å². The van der Waals surface area contributed by atoms with E-state index in [0.29, 0.717) is 0 Å². The maximum absolute atomic E-state index is 5.61. The van der Waals surface area contributed by atoms with E-state index in [4.69, 9.17) is 10.3 Å². The molecule has 3 nitrogen and oxygen atoms in total. The molecule has 0 fully saturated rings. The second-order valence-electron chi connectivity index (χ2n) is 3.92. The first kappa shape index (κ1) is 11.4. The number of aryl methyl sites for hydroxylation is 2. The van der Waals surface area contributed by atoms with E-state index >= 15 is 0 Å². The van der Waals surface area contributed by atoms with Crippen molar-refractivity contribution in [3.05, 3.63) is 45.5 Å². The van der Waals surface area contributed by atoms with Gasteiger partial charge in [-0.25, -0.2) is 0 Å². The van der Waals surface area contributed by atoms with E-state index in [9.17, 15) is 0 Å². The van der Waals surface area contributed by atoms with Crippen molar-refractivity contribution in [3.8, 4) is 0 Å². The van der Waals surface area contributed by atoms with Crippen LogP contribution < -0.4 is 11.3 Å². The Morgan fingerprint density at radius 2 is 2.31 bits per heavy atom. The largest absolute Gasteiger partial charge is 0.466 e. The molecule has 0 saturated heterocycles. The minimum atomic E-state index is 0.118. The number of thiophene rings is 1. The lowest BCUT2D eigenvalue weighted by Gasteiger charge is -2.14. The molecule has 0 radical (unpaired) electrons. The zero-order chi connectivity index (χ0) is 11.5. The van der Waals surface area contributed by atoms with Gasteiger partial charge in [0.15, 0.2) is 0 Å². The molecular weight excluding hydrogens is 220 g/mol. The third-order valence-electron chi connectivity index (χ3n) is 2.68. The van der Waals surface area contributed by atoms with Gasteiger partial charge >= 0.3 is 0 Å². The van der Waals surface area contributed by atoms with Gasteiger partial charge in [0.1, 0.15) is 11.5 Å². The van der Waals surface area contributed by atoms with Crippen molar-refractivity contribution in [2.24, 2.45) is 5.84 Å². The van der Waals surface area contributed by atoms with Crippen LogP contribution in [0.4, 0.5) is 0 Å². The van der Waals surface area contributed by atoms with Gasteiger partial charge in [-0.1, -0.05) is 0 Å². The second kappa shape index (κ2) is 4.82. The summed E-state index contributed by atoms with van der Waals surface area (Å²) in [6.07, 6.45) is 0.889. The SMILES string of the molecule is Cc1cc(C(Cc2ccsc2)NN)c(C)o1. The minimum absolute atomic E-state index is 0.118. The topological polar surface area (TPSA) is 51.2 Å². The highest BCUT2D eigenvalue weighted by molar-refractivity contribution is 7.07. The number of rotatable bonds is 4. The predicted molar refractivity (Wildman–Crippen MR) is 66.3 cm³/mol. The molecule has 86 valence electrons. The molecule has 0 aliphatic carbocycles. The first-order valence-corrected chi connectivity index (χ1v) is 6.19. The van der Waals surface area contributed by atoms with Gasteiger partial charge in [0.25, 0.3) is 0 Å². The van der Waals surface area contributed by atoms with Gasteiger partial charge in [0.2, 0.25) is 0 Å². The Bertz CT molecular complexity index is 448. The smallest absolute Gasteiger partial charge is 0.105 e. The van der Waals surface area contributed by atoms with Crippen LogP contribution in [0.5, 0.6) is 0 Å². The molecular formula is C12H16N2OS. The molecule has 2 aromatic rings. The molecule has 0 spiro atoms. The van der Waals surface area contributed by atoms with Crippen molar-refractivity contribution in [3.63, 3.8) is 0 Å². The zero-order valence-corrected chi connectivity index (χ0v) is 10.3. The molecule has 0 amide bonds. The molecule has 2 heterocycles. The zero-order valence-electron chi connectivity index (χ0n) is 9.49. The Morgan fingerprint density at radius 1 is 1.50 bits per heavy atom. The summed E-state index contributed by atoms with van der Waals surface area (Å²) in [6.45, 7) is 3.93. The number of nitrogens with one attached hydrogen (secondary N) is 1.